The molecule has 1 aromatic rings. The highest BCUT2D eigenvalue weighted by Gasteiger charge is 2.35. The molecule has 1 aliphatic rings. The number of amides is 2. The van der Waals surface area contributed by atoms with Gasteiger partial charge in [0, 0.05) is 12.1 Å². The number of rotatable bonds is 0. The summed E-state index contributed by atoms with van der Waals surface area (Å²) in [6, 6.07) is 0. The van der Waals surface area contributed by atoms with E-state index < -0.39 is 17.6 Å². The Labute approximate surface area is 126 Å². The fourth-order valence-electron chi connectivity index (χ4n) is 1.77. The molecule has 108 valence electrons. The lowest BCUT2D eigenvalue weighted by atomic mass is 10.1. The number of fused-ring (bicyclic) bond motifs is 1. The van der Waals surface area contributed by atoms with Crippen molar-refractivity contribution in [2.45, 2.75) is 32.8 Å². The van der Waals surface area contributed by atoms with Crippen molar-refractivity contribution < 1.29 is 14.3 Å². The minimum absolute atomic E-state index is 0.0482. The van der Waals surface area contributed by atoms with E-state index in [1.165, 1.54) is 0 Å². The molecule has 0 saturated heterocycles. The van der Waals surface area contributed by atoms with Gasteiger partial charge < -0.3 is 4.74 Å². The van der Waals surface area contributed by atoms with Crippen molar-refractivity contribution in [3.63, 3.8) is 0 Å². The highest BCUT2D eigenvalue weighted by Crippen LogP contribution is 2.25. The highest BCUT2D eigenvalue weighted by molar-refractivity contribution is 6.33. The standard InChI is InChI=1S/C12H13Cl2N3O3/c1-12(2,3)20-11(19)17-5-4-6-7(9(17)18)15-10(14)16-8(6)13/h4-5H2,1-3H3. The Morgan fingerprint density at radius 2 is 1.95 bits per heavy atom. The van der Waals surface area contributed by atoms with Crippen molar-refractivity contribution in [1.29, 1.82) is 0 Å². The third-order valence-corrected chi connectivity index (χ3v) is 3.06. The van der Waals surface area contributed by atoms with Crippen molar-refractivity contribution in [3.8, 4) is 0 Å². The molecule has 2 amide bonds. The summed E-state index contributed by atoms with van der Waals surface area (Å²) in [6.07, 6.45) is -0.338. The van der Waals surface area contributed by atoms with Crippen LogP contribution in [0.4, 0.5) is 4.79 Å². The van der Waals surface area contributed by atoms with Crippen molar-refractivity contribution in [2.24, 2.45) is 0 Å². The zero-order chi connectivity index (χ0) is 15.1. The fraction of sp³-hybridized carbons (Fsp3) is 0.500. The van der Waals surface area contributed by atoms with Gasteiger partial charge in [-0.25, -0.2) is 19.7 Å². The molecule has 0 unspecified atom stereocenters. The summed E-state index contributed by atoms with van der Waals surface area (Å²) in [4.78, 5) is 32.9. The molecular weight excluding hydrogens is 305 g/mol. The van der Waals surface area contributed by atoms with Crippen LogP contribution in [-0.4, -0.2) is 39.0 Å². The van der Waals surface area contributed by atoms with E-state index in [9.17, 15) is 9.59 Å². The maximum absolute atomic E-state index is 12.3. The topological polar surface area (TPSA) is 72.4 Å². The number of carbonyl (C=O) groups is 2. The molecule has 0 fully saturated rings. The molecule has 0 atom stereocenters. The molecule has 0 N–H and O–H groups in total. The lowest BCUT2D eigenvalue weighted by Crippen LogP contribution is -2.45. The first-order valence-corrected chi connectivity index (χ1v) is 6.71. The van der Waals surface area contributed by atoms with Crippen LogP contribution >= 0.6 is 23.2 Å². The van der Waals surface area contributed by atoms with Gasteiger partial charge in [0.25, 0.3) is 5.91 Å². The molecule has 20 heavy (non-hydrogen) atoms. The summed E-state index contributed by atoms with van der Waals surface area (Å²) in [5.41, 5.74) is -0.133. The summed E-state index contributed by atoms with van der Waals surface area (Å²) in [5.74, 6) is -0.577. The minimum atomic E-state index is -0.709. The first-order valence-electron chi connectivity index (χ1n) is 5.96. The van der Waals surface area contributed by atoms with Crippen LogP contribution in [-0.2, 0) is 11.2 Å². The molecule has 0 aliphatic carbocycles. The molecule has 2 rings (SSSR count). The predicted octanol–water partition coefficient (Wildman–Crippen LogP) is 2.72. The normalized spacial score (nSPS) is 15.1. The molecule has 0 spiro atoms. The lowest BCUT2D eigenvalue weighted by molar-refractivity contribution is 0.0231. The van der Waals surface area contributed by atoms with Gasteiger partial charge in [0.15, 0.2) is 0 Å². The van der Waals surface area contributed by atoms with Gasteiger partial charge in [0.2, 0.25) is 5.28 Å². The Morgan fingerprint density at radius 3 is 2.55 bits per heavy atom. The third-order valence-electron chi connectivity index (χ3n) is 2.58. The first kappa shape index (κ1) is 15.0. The number of hydrogen-bond acceptors (Lipinski definition) is 5. The minimum Gasteiger partial charge on any atom is -0.443 e. The molecule has 0 radical (unpaired) electrons. The van der Waals surface area contributed by atoms with Crippen LogP contribution < -0.4 is 0 Å². The predicted molar refractivity (Wildman–Crippen MR) is 73.0 cm³/mol. The van der Waals surface area contributed by atoms with Gasteiger partial charge >= 0.3 is 6.09 Å². The van der Waals surface area contributed by atoms with E-state index in [0.717, 1.165) is 4.90 Å². The van der Waals surface area contributed by atoms with Crippen molar-refractivity contribution in [1.82, 2.24) is 14.9 Å². The Hall–Kier alpha value is -1.40. The summed E-state index contributed by atoms with van der Waals surface area (Å²) in [7, 11) is 0. The van der Waals surface area contributed by atoms with Gasteiger partial charge in [-0.05, 0) is 38.8 Å². The van der Waals surface area contributed by atoms with Crippen molar-refractivity contribution in [3.05, 3.63) is 21.7 Å². The molecule has 0 aromatic carbocycles. The van der Waals surface area contributed by atoms with Gasteiger partial charge in [-0.3, -0.25) is 4.79 Å². The molecule has 0 bridgehead atoms. The number of ether oxygens (including phenoxy) is 1. The third kappa shape index (κ3) is 3.02. The van der Waals surface area contributed by atoms with E-state index in [-0.39, 0.29) is 22.7 Å². The maximum atomic E-state index is 12.3. The molecule has 2 heterocycles. The van der Waals surface area contributed by atoms with Crippen molar-refractivity contribution in [2.75, 3.05) is 6.54 Å². The van der Waals surface area contributed by atoms with Gasteiger partial charge in [0.1, 0.15) is 16.4 Å². The molecular formula is C12H13Cl2N3O3. The van der Waals surface area contributed by atoms with Crippen LogP contribution in [0.5, 0.6) is 0 Å². The number of halogens is 2. The van der Waals surface area contributed by atoms with Crippen LogP contribution in [0.3, 0.4) is 0 Å². The number of nitrogens with zero attached hydrogens (tertiary/aromatic N) is 3. The van der Waals surface area contributed by atoms with Gasteiger partial charge in [-0.15, -0.1) is 0 Å². The first-order chi connectivity index (χ1) is 9.19. The Morgan fingerprint density at radius 1 is 1.30 bits per heavy atom. The van der Waals surface area contributed by atoms with E-state index in [0.29, 0.717) is 12.0 Å². The second-order valence-corrected chi connectivity index (χ2v) is 5.99. The fourth-order valence-corrected chi connectivity index (χ4v) is 2.25. The van der Waals surface area contributed by atoms with Gasteiger partial charge in [-0.1, -0.05) is 11.6 Å². The summed E-state index contributed by atoms with van der Waals surface area (Å²) < 4.78 is 5.18. The SMILES string of the molecule is CC(C)(C)OC(=O)N1CCc2c(Cl)nc(Cl)nc2C1=O. The van der Waals surface area contributed by atoms with E-state index in [4.69, 9.17) is 27.9 Å². The van der Waals surface area contributed by atoms with Crippen LogP contribution in [0, 0.1) is 0 Å². The number of carbonyl (C=O) groups excluding carboxylic acids is 2. The second-order valence-electron chi connectivity index (χ2n) is 5.30. The summed E-state index contributed by atoms with van der Waals surface area (Å²) in [6.45, 7) is 5.35. The van der Waals surface area contributed by atoms with E-state index in [2.05, 4.69) is 9.97 Å². The van der Waals surface area contributed by atoms with E-state index in [1.807, 2.05) is 0 Å². The number of aromatic nitrogens is 2. The van der Waals surface area contributed by atoms with Gasteiger partial charge in [-0.2, -0.15) is 0 Å². The van der Waals surface area contributed by atoms with Gasteiger partial charge in [0.05, 0.1) is 0 Å². The zero-order valence-corrected chi connectivity index (χ0v) is 12.7. The maximum Gasteiger partial charge on any atom is 0.417 e. The Balaban J connectivity index is 2.30. The molecule has 6 nitrogen and oxygen atoms in total. The smallest absolute Gasteiger partial charge is 0.417 e. The quantitative estimate of drug-likeness (QED) is 0.543. The molecule has 1 aromatic heterocycles. The van der Waals surface area contributed by atoms with Crippen LogP contribution in [0.25, 0.3) is 0 Å². The van der Waals surface area contributed by atoms with Crippen LogP contribution in [0.1, 0.15) is 36.8 Å². The molecule has 0 saturated carbocycles. The largest absolute Gasteiger partial charge is 0.443 e. The molecule has 8 heteroatoms. The van der Waals surface area contributed by atoms with E-state index in [1.54, 1.807) is 20.8 Å². The highest BCUT2D eigenvalue weighted by atomic mass is 35.5. The summed E-state index contributed by atoms with van der Waals surface area (Å²) >= 11 is 11.6. The van der Waals surface area contributed by atoms with Crippen LogP contribution in [0.15, 0.2) is 0 Å². The zero-order valence-electron chi connectivity index (χ0n) is 11.2. The average molecular weight is 318 g/mol. The number of hydrogen-bond donors (Lipinski definition) is 0. The average Bonchev–Trinajstić information content (AvgIpc) is 2.28. The second kappa shape index (κ2) is 5.18. The lowest BCUT2D eigenvalue weighted by Gasteiger charge is -2.29. The Bertz CT molecular complexity index is 584. The van der Waals surface area contributed by atoms with Crippen LogP contribution in [0.2, 0.25) is 10.4 Å². The number of imide groups is 1. The monoisotopic (exact) mass is 317 g/mol. The Kier molecular flexibility index (Phi) is 3.88. The molecule has 1 aliphatic heterocycles. The van der Waals surface area contributed by atoms with Crippen molar-refractivity contribution >= 4 is 35.2 Å². The summed E-state index contributed by atoms with van der Waals surface area (Å²) in [5, 5.41) is 0.00493. The van der Waals surface area contributed by atoms with E-state index >= 15 is 0 Å².